The van der Waals surface area contributed by atoms with E-state index in [9.17, 15) is 0 Å². The molecule has 0 aliphatic carbocycles. The van der Waals surface area contributed by atoms with E-state index in [2.05, 4.69) is 57.4 Å². The maximum absolute atomic E-state index is 4.47. The zero-order chi connectivity index (χ0) is 13.0. The van der Waals surface area contributed by atoms with Gasteiger partial charge in [-0.2, -0.15) is 0 Å². The number of pyridine rings is 1. The highest BCUT2D eigenvalue weighted by Crippen LogP contribution is 2.26. The SMILES string of the molecule is CCc1cccc(C(NC)c2ncccc2Br)c1. The summed E-state index contributed by atoms with van der Waals surface area (Å²) in [7, 11) is 1.96. The number of nitrogens with zero attached hydrogens (tertiary/aromatic N) is 1. The summed E-state index contributed by atoms with van der Waals surface area (Å²) in [6, 6.07) is 12.7. The Morgan fingerprint density at radius 1 is 1.28 bits per heavy atom. The van der Waals surface area contributed by atoms with E-state index < -0.39 is 0 Å². The van der Waals surface area contributed by atoms with E-state index in [0.29, 0.717) is 0 Å². The third kappa shape index (κ3) is 2.79. The van der Waals surface area contributed by atoms with Gasteiger partial charge in [0.15, 0.2) is 0 Å². The fourth-order valence-corrected chi connectivity index (χ4v) is 2.55. The van der Waals surface area contributed by atoms with Gasteiger partial charge >= 0.3 is 0 Å². The van der Waals surface area contributed by atoms with E-state index >= 15 is 0 Å². The van der Waals surface area contributed by atoms with Crippen molar-refractivity contribution in [1.29, 1.82) is 0 Å². The monoisotopic (exact) mass is 304 g/mol. The lowest BCUT2D eigenvalue weighted by molar-refractivity contribution is 0.666. The summed E-state index contributed by atoms with van der Waals surface area (Å²) in [5, 5.41) is 3.33. The second-order valence-electron chi connectivity index (χ2n) is 4.19. The molecule has 1 atom stereocenters. The molecule has 0 fully saturated rings. The summed E-state index contributed by atoms with van der Waals surface area (Å²) in [5.41, 5.74) is 3.62. The lowest BCUT2D eigenvalue weighted by atomic mass is 10.00. The molecule has 0 amide bonds. The Bertz CT molecular complexity index is 525. The molecule has 1 aromatic carbocycles. The highest BCUT2D eigenvalue weighted by Gasteiger charge is 2.16. The number of hydrogen-bond donors (Lipinski definition) is 1. The Kier molecular flexibility index (Phi) is 4.50. The number of hydrogen-bond acceptors (Lipinski definition) is 2. The Morgan fingerprint density at radius 2 is 2.11 bits per heavy atom. The highest BCUT2D eigenvalue weighted by atomic mass is 79.9. The topological polar surface area (TPSA) is 24.9 Å². The van der Waals surface area contributed by atoms with Crippen molar-refractivity contribution in [2.24, 2.45) is 0 Å². The van der Waals surface area contributed by atoms with E-state index in [0.717, 1.165) is 16.6 Å². The van der Waals surface area contributed by atoms with Crippen LogP contribution in [0, 0.1) is 0 Å². The summed E-state index contributed by atoms with van der Waals surface area (Å²) in [6.07, 6.45) is 2.88. The number of aryl methyl sites for hydroxylation is 1. The van der Waals surface area contributed by atoms with Crippen LogP contribution in [-0.4, -0.2) is 12.0 Å². The summed E-state index contributed by atoms with van der Waals surface area (Å²) < 4.78 is 1.03. The van der Waals surface area contributed by atoms with Gasteiger partial charge in [0.2, 0.25) is 0 Å². The molecule has 18 heavy (non-hydrogen) atoms. The van der Waals surface area contributed by atoms with Gasteiger partial charge < -0.3 is 5.32 Å². The maximum atomic E-state index is 4.47. The van der Waals surface area contributed by atoms with E-state index in [4.69, 9.17) is 0 Å². The van der Waals surface area contributed by atoms with Crippen LogP contribution in [0.4, 0.5) is 0 Å². The molecule has 94 valence electrons. The van der Waals surface area contributed by atoms with Gasteiger partial charge in [-0.1, -0.05) is 31.2 Å². The fourth-order valence-electron chi connectivity index (χ4n) is 2.06. The zero-order valence-corrected chi connectivity index (χ0v) is 12.2. The molecule has 3 heteroatoms. The zero-order valence-electron chi connectivity index (χ0n) is 10.7. The first kappa shape index (κ1) is 13.2. The third-order valence-electron chi connectivity index (χ3n) is 3.04. The van der Waals surface area contributed by atoms with Crippen LogP contribution in [-0.2, 0) is 6.42 Å². The number of halogens is 1. The second-order valence-corrected chi connectivity index (χ2v) is 5.05. The molecule has 0 aliphatic heterocycles. The molecule has 1 unspecified atom stereocenters. The largest absolute Gasteiger partial charge is 0.308 e. The molecule has 2 aromatic rings. The average Bonchev–Trinajstić information content (AvgIpc) is 2.42. The standard InChI is InChI=1S/C15H17BrN2/c1-3-11-6-4-7-12(10-11)14(17-2)15-13(16)8-5-9-18-15/h4-10,14,17H,3H2,1-2H3. The minimum absolute atomic E-state index is 0.118. The molecule has 0 spiro atoms. The van der Waals surface area contributed by atoms with Gasteiger partial charge in [-0.05, 0) is 52.7 Å². The number of benzene rings is 1. The van der Waals surface area contributed by atoms with Crippen LogP contribution in [0.15, 0.2) is 47.1 Å². The van der Waals surface area contributed by atoms with Crippen molar-refractivity contribution < 1.29 is 0 Å². The van der Waals surface area contributed by atoms with Crippen LogP contribution >= 0.6 is 15.9 Å². The molecule has 1 aromatic heterocycles. The molecule has 2 rings (SSSR count). The van der Waals surface area contributed by atoms with Crippen LogP contribution in [0.3, 0.4) is 0 Å². The van der Waals surface area contributed by atoms with Crippen LogP contribution in [0.2, 0.25) is 0 Å². The third-order valence-corrected chi connectivity index (χ3v) is 3.71. The van der Waals surface area contributed by atoms with Crippen molar-refractivity contribution in [3.8, 4) is 0 Å². The van der Waals surface area contributed by atoms with Crippen LogP contribution in [0.5, 0.6) is 0 Å². The summed E-state index contributed by atoms with van der Waals surface area (Å²) >= 11 is 3.57. The van der Waals surface area contributed by atoms with Gasteiger partial charge in [-0.3, -0.25) is 4.98 Å². The van der Waals surface area contributed by atoms with Crippen LogP contribution < -0.4 is 5.32 Å². The smallest absolute Gasteiger partial charge is 0.0760 e. The molecular formula is C15H17BrN2. The molecule has 0 saturated heterocycles. The number of aromatic nitrogens is 1. The predicted molar refractivity (Wildman–Crippen MR) is 78.7 cm³/mol. The summed E-state index contributed by atoms with van der Waals surface area (Å²) in [4.78, 5) is 4.47. The molecule has 1 N–H and O–H groups in total. The molecule has 0 bridgehead atoms. The molecule has 1 heterocycles. The van der Waals surface area contributed by atoms with Crippen molar-refractivity contribution in [2.75, 3.05) is 7.05 Å². The highest BCUT2D eigenvalue weighted by molar-refractivity contribution is 9.10. The molecule has 0 saturated carbocycles. The molecule has 0 aliphatic rings. The minimum atomic E-state index is 0.118. The Balaban J connectivity index is 2.42. The van der Waals surface area contributed by atoms with Crippen molar-refractivity contribution in [2.45, 2.75) is 19.4 Å². The van der Waals surface area contributed by atoms with Crippen molar-refractivity contribution >= 4 is 15.9 Å². The first-order chi connectivity index (χ1) is 8.76. The minimum Gasteiger partial charge on any atom is -0.308 e. The van der Waals surface area contributed by atoms with Crippen LogP contribution in [0.1, 0.15) is 29.8 Å². The van der Waals surface area contributed by atoms with Gasteiger partial charge in [0.05, 0.1) is 11.7 Å². The molecule has 2 nitrogen and oxygen atoms in total. The fraction of sp³-hybridized carbons (Fsp3) is 0.267. The first-order valence-corrected chi connectivity index (χ1v) is 6.92. The van der Waals surface area contributed by atoms with Gasteiger partial charge in [-0.25, -0.2) is 0 Å². The Morgan fingerprint density at radius 3 is 2.78 bits per heavy atom. The van der Waals surface area contributed by atoms with E-state index in [1.165, 1.54) is 11.1 Å². The lowest BCUT2D eigenvalue weighted by Gasteiger charge is -2.18. The van der Waals surface area contributed by atoms with Crippen molar-refractivity contribution in [3.05, 3.63) is 63.9 Å². The van der Waals surface area contributed by atoms with E-state index in [-0.39, 0.29) is 6.04 Å². The van der Waals surface area contributed by atoms with Gasteiger partial charge in [-0.15, -0.1) is 0 Å². The maximum Gasteiger partial charge on any atom is 0.0760 e. The normalized spacial score (nSPS) is 12.4. The van der Waals surface area contributed by atoms with Crippen molar-refractivity contribution in [1.82, 2.24) is 10.3 Å². The molecule has 0 radical (unpaired) electrons. The van der Waals surface area contributed by atoms with Crippen molar-refractivity contribution in [3.63, 3.8) is 0 Å². The summed E-state index contributed by atoms with van der Waals surface area (Å²) in [6.45, 7) is 2.17. The average molecular weight is 305 g/mol. The Hall–Kier alpha value is -1.19. The van der Waals surface area contributed by atoms with E-state index in [1.54, 1.807) is 0 Å². The van der Waals surface area contributed by atoms with Gasteiger partial charge in [0.1, 0.15) is 0 Å². The van der Waals surface area contributed by atoms with E-state index in [1.807, 2.05) is 25.4 Å². The Labute approximate surface area is 117 Å². The van der Waals surface area contributed by atoms with Gasteiger partial charge in [0.25, 0.3) is 0 Å². The summed E-state index contributed by atoms with van der Waals surface area (Å²) in [5.74, 6) is 0. The van der Waals surface area contributed by atoms with Gasteiger partial charge in [0, 0.05) is 10.7 Å². The number of rotatable bonds is 4. The number of nitrogens with one attached hydrogen (secondary N) is 1. The predicted octanol–water partition coefficient (Wildman–Crippen LogP) is 3.72. The quantitative estimate of drug-likeness (QED) is 0.931. The second kappa shape index (κ2) is 6.12. The first-order valence-electron chi connectivity index (χ1n) is 6.12. The lowest BCUT2D eigenvalue weighted by Crippen LogP contribution is -2.19. The van der Waals surface area contributed by atoms with Crippen LogP contribution in [0.25, 0.3) is 0 Å². The molecular weight excluding hydrogens is 288 g/mol.